The molecule has 0 fully saturated rings. The molecule has 0 atom stereocenters. The van der Waals surface area contributed by atoms with Crippen molar-refractivity contribution in [3.63, 3.8) is 0 Å². The molecular formula is C15H21N3. The van der Waals surface area contributed by atoms with E-state index in [-0.39, 0.29) is 5.41 Å². The lowest BCUT2D eigenvalue weighted by Gasteiger charge is -2.19. The highest BCUT2D eigenvalue weighted by molar-refractivity contribution is 5.38. The zero-order valence-electron chi connectivity index (χ0n) is 11.4. The second kappa shape index (κ2) is 4.94. The van der Waals surface area contributed by atoms with Gasteiger partial charge in [-0.1, -0.05) is 32.9 Å². The van der Waals surface area contributed by atoms with Crippen molar-refractivity contribution in [3.05, 3.63) is 48.0 Å². The van der Waals surface area contributed by atoms with Gasteiger partial charge in [-0.25, -0.2) is 4.98 Å². The number of benzene rings is 1. The first-order valence-corrected chi connectivity index (χ1v) is 6.34. The largest absolute Gasteiger partial charge is 0.330 e. The average Bonchev–Trinajstić information content (AvgIpc) is 2.77. The van der Waals surface area contributed by atoms with Crippen LogP contribution >= 0.6 is 0 Å². The minimum atomic E-state index is 0.188. The molecule has 2 N–H and O–H groups in total. The molecule has 3 nitrogen and oxygen atoms in total. The fourth-order valence-electron chi connectivity index (χ4n) is 2.01. The predicted octanol–water partition coefficient (Wildman–Crippen LogP) is 2.67. The van der Waals surface area contributed by atoms with E-state index in [1.807, 2.05) is 12.5 Å². The number of rotatable bonds is 3. The smallest absolute Gasteiger partial charge is 0.0994 e. The van der Waals surface area contributed by atoms with Gasteiger partial charge in [-0.05, 0) is 29.7 Å². The third-order valence-corrected chi connectivity index (χ3v) is 3.13. The van der Waals surface area contributed by atoms with Gasteiger partial charge in [-0.3, -0.25) is 0 Å². The number of hydrogen-bond acceptors (Lipinski definition) is 2. The maximum absolute atomic E-state index is 5.61. The van der Waals surface area contributed by atoms with E-state index in [4.69, 9.17) is 5.73 Å². The van der Waals surface area contributed by atoms with Crippen LogP contribution in [0.3, 0.4) is 0 Å². The summed E-state index contributed by atoms with van der Waals surface area (Å²) >= 11 is 0. The van der Waals surface area contributed by atoms with Gasteiger partial charge in [0.05, 0.1) is 6.33 Å². The van der Waals surface area contributed by atoms with Gasteiger partial charge < -0.3 is 10.3 Å². The van der Waals surface area contributed by atoms with E-state index in [9.17, 15) is 0 Å². The van der Waals surface area contributed by atoms with E-state index in [0.717, 1.165) is 17.8 Å². The first-order valence-electron chi connectivity index (χ1n) is 6.34. The minimum absolute atomic E-state index is 0.188. The summed E-state index contributed by atoms with van der Waals surface area (Å²) in [6.07, 6.45) is 4.57. The van der Waals surface area contributed by atoms with Crippen molar-refractivity contribution < 1.29 is 0 Å². The summed E-state index contributed by atoms with van der Waals surface area (Å²) < 4.78 is 2.10. The van der Waals surface area contributed by atoms with Crippen LogP contribution in [0.15, 0.2) is 36.8 Å². The van der Waals surface area contributed by atoms with Gasteiger partial charge in [0.2, 0.25) is 0 Å². The number of hydrogen-bond donors (Lipinski definition) is 1. The van der Waals surface area contributed by atoms with Gasteiger partial charge in [-0.15, -0.1) is 0 Å². The highest BCUT2D eigenvalue weighted by Gasteiger charge is 2.13. The molecule has 0 amide bonds. The number of nitrogens with two attached hydrogens (primary N) is 1. The molecule has 0 unspecified atom stereocenters. The Hall–Kier alpha value is -1.61. The molecule has 1 heterocycles. The van der Waals surface area contributed by atoms with Crippen molar-refractivity contribution in [2.24, 2.45) is 5.73 Å². The Morgan fingerprint density at radius 3 is 2.39 bits per heavy atom. The van der Waals surface area contributed by atoms with Crippen LogP contribution in [0.2, 0.25) is 0 Å². The summed E-state index contributed by atoms with van der Waals surface area (Å²) in [5.41, 5.74) is 9.43. The molecule has 0 bridgehead atoms. The Balaban J connectivity index is 2.32. The summed E-state index contributed by atoms with van der Waals surface area (Å²) in [5, 5.41) is 0. The van der Waals surface area contributed by atoms with Crippen LogP contribution in [-0.4, -0.2) is 16.1 Å². The molecule has 0 saturated carbocycles. The SMILES string of the molecule is CC(C)(C)c1ccc(-n2cncc2CCN)cc1. The Bertz CT molecular complexity index is 503. The number of aromatic nitrogens is 2. The fraction of sp³-hybridized carbons (Fsp3) is 0.400. The molecule has 0 spiro atoms. The van der Waals surface area contributed by atoms with E-state index < -0.39 is 0 Å². The zero-order chi connectivity index (χ0) is 13.2. The monoisotopic (exact) mass is 243 g/mol. The molecular weight excluding hydrogens is 222 g/mol. The molecule has 2 aromatic rings. The van der Waals surface area contributed by atoms with Crippen molar-refractivity contribution >= 4 is 0 Å². The molecule has 96 valence electrons. The van der Waals surface area contributed by atoms with Crippen molar-refractivity contribution in [3.8, 4) is 5.69 Å². The van der Waals surface area contributed by atoms with Crippen LogP contribution in [0.1, 0.15) is 32.0 Å². The Morgan fingerprint density at radius 2 is 1.83 bits per heavy atom. The molecule has 1 aromatic heterocycles. The second-order valence-electron chi connectivity index (χ2n) is 5.59. The van der Waals surface area contributed by atoms with Gasteiger partial charge in [0, 0.05) is 24.0 Å². The van der Waals surface area contributed by atoms with Gasteiger partial charge in [0.1, 0.15) is 0 Å². The standard InChI is InChI=1S/C15H21N3/c1-15(2,3)12-4-6-13(7-5-12)18-11-17-10-14(18)8-9-16/h4-7,10-11H,8-9,16H2,1-3H3. The summed E-state index contributed by atoms with van der Waals surface area (Å²) in [5.74, 6) is 0. The van der Waals surface area contributed by atoms with Gasteiger partial charge >= 0.3 is 0 Å². The zero-order valence-corrected chi connectivity index (χ0v) is 11.4. The van der Waals surface area contributed by atoms with Crippen LogP contribution < -0.4 is 5.73 Å². The second-order valence-corrected chi connectivity index (χ2v) is 5.59. The third-order valence-electron chi connectivity index (χ3n) is 3.13. The summed E-state index contributed by atoms with van der Waals surface area (Å²) in [6, 6.07) is 8.65. The summed E-state index contributed by atoms with van der Waals surface area (Å²) in [4.78, 5) is 4.20. The Kier molecular flexibility index (Phi) is 3.53. The first kappa shape index (κ1) is 12.8. The number of nitrogens with zero attached hydrogens (tertiary/aromatic N) is 2. The molecule has 0 saturated heterocycles. The minimum Gasteiger partial charge on any atom is -0.330 e. The highest BCUT2D eigenvalue weighted by Crippen LogP contribution is 2.23. The quantitative estimate of drug-likeness (QED) is 0.900. The van der Waals surface area contributed by atoms with E-state index in [0.29, 0.717) is 6.54 Å². The van der Waals surface area contributed by atoms with Gasteiger partial charge in [0.15, 0.2) is 0 Å². The Morgan fingerprint density at radius 1 is 1.17 bits per heavy atom. The Labute approximate surface area is 109 Å². The molecule has 18 heavy (non-hydrogen) atoms. The topological polar surface area (TPSA) is 43.8 Å². The van der Waals surface area contributed by atoms with E-state index >= 15 is 0 Å². The van der Waals surface area contributed by atoms with Crippen LogP contribution in [0.4, 0.5) is 0 Å². The molecule has 3 heteroatoms. The molecule has 0 aliphatic carbocycles. The number of imidazole rings is 1. The van der Waals surface area contributed by atoms with Crippen LogP contribution in [0, 0.1) is 0 Å². The highest BCUT2D eigenvalue weighted by atomic mass is 15.0. The predicted molar refractivity (Wildman–Crippen MR) is 75.0 cm³/mol. The first-order chi connectivity index (χ1) is 8.52. The third kappa shape index (κ3) is 2.62. The normalized spacial score (nSPS) is 11.8. The van der Waals surface area contributed by atoms with E-state index in [1.165, 1.54) is 5.56 Å². The molecule has 2 rings (SSSR count). The molecule has 0 aliphatic heterocycles. The lowest BCUT2D eigenvalue weighted by atomic mass is 9.87. The lowest BCUT2D eigenvalue weighted by Crippen LogP contribution is -2.11. The van der Waals surface area contributed by atoms with Gasteiger partial charge in [-0.2, -0.15) is 0 Å². The van der Waals surface area contributed by atoms with E-state index in [2.05, 4.69) is 54.6 Å². The average molecular weight is 243 g/mol. The van der Waals surface area contributed by atoms with Gasteiger partial charge in [0.25, 0.3) is 0 Å². The van der Waals surface area contributed by atoms with Crippen LogP contribution in [0.25, 0.3) is 5.69 Å². The van der Waals surface area contributed by atoms with Crippen LogP contribution in [-0.2, 0) is 11.8 Å². The summed E-state index contributed by atoms with van der Waals surface area (Å²) in [7, 11) is 0. The maximum atomic E-state index is 5.61. The lowest BCUT2D eigenvalue weighted by molar-refractivity contribution is 0.590. The molecule has 1 aromatic carbocycles. The molecule has 0 radical (unpaired) electrons. The fourth-order valence-corrected chi connectivity index (χ4v) is 2.01. The summed E-state index contributed by atoms with van der Waals surface area (Å²) in [6.45, 7) is 7.31. The van der Waals surface area contributed by atoms with Crippen LogP contribution in [0.5, 0.6) is 0 Å². The van der Waals surface area contributed by atoms with Crippen molar-refractivity contribution in [1.82, 2.24) is 9.55 Å². The van der Waals surface area contributed by atoms with Crippen molar-refractivity contribution in [2.45, 2.75) is 32.6 Å². The maximum Gasteiger partial charge on any atom is 0.0994 e. The molecule has 0 aliphatic rings. The van der Waals surface area contributed by atoms with E-state index in [1.54, 1.807) is 0 Å². The van der Waals surface area contributed by atoms with Crippen molar-refractivity contribution in [2.75, 3.05) is 6.54 Å². The van der Waals surface area contributed by atoms with Crippen molar-refractivity contribution in [1.29, 1.82) is 0 Å².